The molecule has 0 radical (unpaired) electrons. The Hall–Kier alpha value is -1.89. The number of carbonyl (C=O) groups excluding carboxylic acids is 1. The molecule has 0 atom stereocenters. The predicted molar refractivity (Wildman–Crippen MR) is 56.9 cm³/mol. The van der Waals surface area contributed by atoms with Gasteiger partial charge in [0.15, 0.2) is 5.82 Å². The van der Waals surface area contributed by atoms with Gasteiger partial charge in [-0.1, -0.05) is 0 Å². The molecule has 1 aromatic heterocycles. The van der Waals surface area contributed by atoms with Crippen molar-refractivity contribution in [1.29, 1.82) is 0 Å². The summed E-state index contributed by atoms with van der Waals surface area (Å²) in [5.74, 6) is 5.79. The lowest BCUT2D eigenvalue weighted by Gasteiger charge is -2.19. The van der Waals surface area contributed by atoms with Crippen molar-refractivity contribution in [2.75, 3.05) is 23.4 Å². The van der Waals surface area contributed by atoms with E-state index in [1.165, 1.54) is 6.20 Å². The van der Waals surface area contributed by atoms with Crippen molar-refractivity contribution in [3.8, 4) is 0 Å². The van der Waals surface area contributed by atoms with Crippen molar-refractivity contribution in [2.45, 2.75) is 6.92 Å². The van der Waals surface area contributed by atoms with Gasteiger partial charge in [-0.2, -0.15) is 0 Å². The molecule has 1 rings (SSSR count). The summed E-state index contributed by atoms with van der Waals surface area (Å²) in [5.41, 5.74) is 7.49. The number of hydrazine groups is 1. The van der Waals surface area contributed by atoms with Gasteiger partial charge in [0.25, 0.3) is 0 Å². The molecule has 82 valence electrons. The van der Waals surface area contributed by atoms with E-state index in [2.05, 4.69) is 15.4 Å². The molecule has 7 heteroatoms. The molecule has 7 nitrogen and oxygen atoms in total. The minimum Gasteiger partial charge on any atom is -0.368 e. The maximum Gasteiger partial charge on any atom is 0.236 e. The summed E-state index contributed by atoms with van der Waals surface area (Å²) in [6.45, 7) is 2.62. The zero-order valence-corrected chi connectivity index (χ0v) is 8.47. The Labute approximate surface area is 87.5 Å². The molecule has 1 heterocycles. The number of hydrogen-bond acceptors (Lipinski definition) is 6. The van der Waals surface area contributed by atoms with Gasteiger partial charge < -0.3 is 16.1 Å². The summed E-state index contributed by atoms with van der Waals surface area (Å²) < 4.78 is 0. The summed E-state index contributed by atoms with van der Waals surface area (Å²) in [6, 6.07) is 0. The number of carbonyl (C=O) groups is 1. The van der Waals surface area contributed by atoms with Crippen molar-refractivity contribution in [2.24, 2.45) is 11.6 Å². The van der Waals surface area contributed by atoms with Crippen LogP contribution in [0.1, 0.15) is 6.92 Å². The summed E-state index contributed by atoms with van der Waals surface area (Å²) in [6.07, 6.45) is 3.04. The molecule has 0 aliphatic carbocycles. The van der Waals surface area contributed by atoms with E-state index in [-0.39, 0.29) is 6.54 Å². The number of likely N-dealkylation sites (N-methyl/N-ethyl adjacent to an activating group) is 1. The van der Waals surface area contributed by atoms with Crippen LogP contribution in [0.2, 0.25) is 0 Å². The lowest BCUT2D eigenvalue weighted by Crippen LogP contribution is -2.34. The largest absolute Gasteiger partial charge is 0.368 e. The van der Waals surface area contributed by atoms with Crippen LogP contribution in [0.5, 0.6) is 0 Å². The van der Waals surface area contributed by atoms with Gasteiger partial charge in [0.1, 0.15) is 5.82 Å². The normalized spacial score (nSPS) is 9.73. The third kappa shape index (κ3) is 3.06. The molecule has 0 fully saturated rings. The molecule has 0 aliphatic rings. The lowest BCUT2D eigenvalue weighted by molar-refractivity contribution is -0.116. The van der Waals surface area contributed by atoms with E-state index in [9.17, 15) is 4.79 Å². The number of hydrogen-bond donors (Lipinski definition) is 3. The molecule has 0 unspecified atom stereocenters. The summed E-state index contributed by atoms with van der Waals surface area (Å²) >= 11 is 0. The van der Waals surface area contributed by atoms with E-state index < -0.39 is 5.91 Å². The Bertz CT molecular complexity index is 342. The average Bonchev–Trinajstić information content (AvgIpc) is 2.25. The van der Waals surface area contributed by atoms with Crippen LogP contribution in [0.4, 0.5) is 11.6 Å². The number of primary amides is 1. The monoisotopic (exact) mass is 210 g/mol. The van der Waals surface area contributed by atoms with E-state index in [0.717, 1.165) is 0 Å². The smallest absolute Gasteiger partial charge is 0.236 e. The Balaban J connectivity index is 2.85. The number of nitrogens with one attached hydrogen (secondary N) is 1. The minimum absolute atomic E-state index is 0.110. The van der Waals surface area contributed by atoms with Crippen molar-refractivity contribution in [3.63, 3.8) is 0 Å². The van der Waals surface area contributed by atoms with E-state index in [1.807, 2.05) is 6.92 Å². The number of anilines is 2. The maximum atomic E-state index is 10.8. The molecule has 0 saturated heterocycles. The molecular formula is C8H14N6O. The standard InChI is InChI=1S/C8H14N6O/c1-2-14(5-6(9)15)8-4-11-3-7(12-8)13-10/h3-4H,2,5,10H2,1H3,(H2,9,15)(H,12,13). The topological polar surface area (TPSA) is 110 Å². The zero-order chi connectivity index (χ0) is 11.3. The van der Waals surface area contributed by atoms with Gasteiger partial charge in [-0.15, -0.1) is 0 Å². The first-order valence-corrected chi connectivity index (χ1v) is 4.49. The van der Waals surface area contributed by atoms with Crippen molar-refractivity contribution < 1.29 is 4.79 Å². The van der Waals surface area contributed by atoms with Gasteiger partial charge in [-0.3, -0.25) is 9.78 Å². The Morgan fingerprint density at radius 2 is 2.33 bits per heavy atom. The van der Waals surface area contributed by atoms with Crippen LogP contribution in [-0.2, 0) is 4.79 Å². The molecule has 1 aromatic rings. The highest BCUT2D eigenvalue weighted by Gasteiger charge is 2.09. The second kappa shape index (κ2) is 5.11. The number of nitrogens with zero attached hydrogens (tertiary/aromatic N) is 3. The quantitative estimate of drug-likeness (QED) is 0.428. The number of nitrogens with two attached hydrogens (primary N) is 2. The molecule has 1 amide bonds. The molecule has 0 bridgehead atoms. The van der Waals surface area contributed by atoms with Crippen LogP contribution in [0.25, 0.3) is 0 Å². The van der Waals surface area contributed by atoms with E-state index in [1.54, 1.807) is 11.1 Å². The third-order valence-electron chi connectivity index (χ3n) is 1.82. The van der Waals surface area contributed by atoms with Crippen molar-refractivity contribution in [3.05, 3.63) is 12.4 Å². The molecule has 15 heavy (non-hydrogen) atoms. The van der Waals surface area contributed by atoms with Gasteiger partial charge in [-0.05, 0) is 6.92 Å². The van der Waals surface area contributed by atoms with Crippen LogP contribution >= 0.6 is 0 Å². The second-order valence-corrected chi connectivity index (χ2v) is 2.89. The highest BCUT2D eigenvalue weighted by atomic mass is 16.1. The molecular weight excluding hydrogens is 196 g/mol. The molecule has 0 saturated carbocycles. The number of rotatable bonds is 5. The maximum absolute atomic E-state index is 10.8. The van der Waals surface area contributed by atoms with E-state index in [0.29, 0.717) is 18.2 Å². The van der Waals surface area contributed by atoms with Crippen LogP contribution in [-0.4, -0.2) is 29.0 Å². The number of aromatic nitrogens is 2. The van der Waals surface area contributed by atoms with E-state index >= 15 is 0 Å². The summed E-state index contributed by atoms with van der Waals surface area (Å²) in [7, 11) is 0. The van der Waals surface area contributed by atoms with Crippen LogP contribution in [0, 0.1) is 0 Å². The highest BCUT2D eigenvalue weighted by Crippen LogP contribution is 2.10. The second-order valence-electron chi connectivity index (χ2n) is 2.89. The SMILES string of the molecule is CCN(CC(N)=O)c1cncc(NN)n1. The number of nitrogen functional groups attached to an aromatic ring is 1. The molecule has 0 aromatic carbocycles. The first-order valence-electron chi connectivity index (χ1n) is 4.49. The van der Waals surface area contributed by atoms with Gasteiger partial charge in [-0.25, -0.2) is 10.8 Å². The lowest BCUT2D eigenvalue weighted by atomic mass is 10.4. The van der Waals surface area contributed by atoms with Crippen molar-refractivity contribution in [1.82, 2.24) is 9.97 Å². The Morgan fingerprint density at radius 3 is 2.87 bits per heavy atom. The zero-order valence-electron chi connectivity index (χ0n) is 8.47. The fraction of sp³-hybridized carbons (Fsp3) is 0.375. The van der Waals surface area contributed by atoms with Crippen molar-refractivity contribution >= 4 is 17.5 Å². The van der Waals surface area contributed by atoms with Gasteiger partial charge in [0.2, 0.25) is 5.91 Å². The molecule has 5 N–H and O–H groups in total. The van der Waals surface area contributed by atoms with Gasteiger partial charge in [0.05, 0.1) is 18.9 Å². The average molecular weight is 210 g/mol. The fourth-order valence-electron chi connectivity index (χ4n) is 1.12. The van der Waals surface area contributed by atoms with Gasteiger partial charge in [0, 0.05) is 6.54 Å². The summed E-state index contributed by atoms with van der Waals surface area (Å²) in [4.78, 5) is 20.6. The number of amides is 1. The summed E-state index contributed by atoms with van der Waals surface area (Å²) in [5, 5.41) is 0. The highest BCUT2D eigenvalue weighted by molar-refractivity contribution is 5.79. The molecule has 0 aliphatic heterocycles. The first kappa shape index (κ1) is 11.2. The van der Waals surface area contributed by atoms with Crippen LogP contribution in [0.15, 0.2) is 12.4 Å². The first-order chi connectivity index (χ1) is 7.17. The Morgan fingerprint density at radius 1 is 1.60 bits per heavy atom. The van der Waals surface area contributed by atoms with Gasteiger partial charge >= 0.3 is 0 Å². The van der Waals surface area contributed by atoms with E-state index in [4.69, 9.17) is 11.6 Å². The minimum atomic E-state index is -0.412. The Kier molecular flexibility index (Phi) is 3.81. The third-order valence-corrected chi connectivity index (χ3v) is 1.82. The molecule has 0 spiro atoms. The fourth-order valence-corrected chi connectivity index (χ4v) is 1.12. The predicted octanol–water partition coefficient (Wildman–Crippen LogP) is -0.926. The van der Waals surface area contributed by atoms with Crippen LogP contribution in [0.3, 0.4) is 0 Å². The van der Waals surface area contributed by atoms with Crippen LogP contribution < -0.4 is 21.9 Å².